The molecule has 78 valence electrons. The molecular weight excluding hydrogens is 176 g/mol. The van der Waals surface area contributed by atoms with Crippen LogP contribution in [0.25, 0.3) is 0 Å². The highest BCUT2D eigenvalue weighted by Crippen LogP contribution is 2.38. The van der Waals surface area contributed by atoms with Gasteiger partial charge in [0.05, 0.1) is 12.7 Å². The highest BCUT2D eigenvalue weighted by Gasteiger charge is 2.32. The molecule has 1 saturated carbocycles. The van der Waals surface area contributed by atoms with Crippen LogP contribution < -0.4 is 5.73 Å². The Bertz CT molecular complexity index is 300. The summed E-state index contributed by atoms with van der Waals surface area (Å²) < 4.78 is 5.64. The van der Waals surface area contributed by atoms with Crippen molar-refractivity contribution in [2.24, 2.45) is 5.73 Å². The summed E-state index contributed by atoms with van der Waals surface area (Å²) in [6.07, 6.45) is 8.24. The van der Waals surface area contributed by atoms with Crippen molar-refractivity contribution in [3.8, 4) is 0 Å². The lowest BCUT2D eigenvalue weighted by atomic mass is 9.74. The molecule has 2 rings (SSSR count). The lowest BCUT2D eigenvalue weighted by Crippen LogP contribution is -2.24. The van der Waals surface area contributed by atoms with E-state index in [1.807, 2.05) is 6.20 Å². The van der Waals surface area contributed by atoms with Crippen molar-refractivity contribution in [3.05, 3.63) is 17.8 Å². The fraction of sp³-hybridized carbons (Fsp3) is 0.727. The van der Waals surface area contributed by atoms with Crippen LogP contribution in [-0.2, 0) is 12.0 Å². The zero-order valence-corrected chi connectivity index (χ0v) is 8.75. The summed E-state index contributed by atoms with van der Waals surface area (Å²) in [5.41, 5.74) is 5.69. The van der Waals surface area contributed by atoms with Crippen LogP contribution in [0.3, 0.4) is 0 Å². The fourth-order valence-corrected chi connectivity index (χ4v) is 2.26. The van der Waals surface area contributed by atoms with E-state index in [0.29, 0.717) is 12.4 Å². The molecular formula is C11H18N2O. The number of hydrogen-bond donors (Lipinski definition) is 1. The van der Waals surface area contributed by atoms with E-state index in [1.165, 1.54) is 32.1 Å². The number of oxazole rings is 1. The van der Waals surface area contributed by atoms with Crippen LogP contribution >= 0.6 is 0 Å². The second-order valence-corrected chi connectivity index (χ2v) is 4.44. The number of aromatic nitrogens is 1. The Labute approximate surface area is 84.7 Å². The Morgan fingerprint density at radius 1 is 1.43 bits per heavy atom. The SMILES string of the molecule is CC1(c2cnc(CN)o2)CCCCC1. The van der Waals surface area contributed by atoms with Crippen molar-refractivity contribution < 1.29 is 4.42 Å². The molecule has 0 radical (unpaired) electrons. The maximum atomic E-state index is 5.64. The van der Waals surface area contributed by atoms with Gasteiger partial charge in [0.2, 0.25) is 5.89 Å². The minimum atomic E-state index is 0.207. The van der Waals surface area contributed by atoms with E-state index in [1.54, 1.807) is 0 Å². The molecule has 2 N–H and O–H groups in total. The third kappa shape index (κ3) is 1.69. The average Bonchev–Trinajstić information content (AvgIpc) is 2.67. The molecule has 0 atom stereocenters. The summed E-state index contributed by atoms with van der Waals surface area (Å²) in [6.45, 7) is 2.67. The second kappa shape index (κ2) is 3.73. The smallest absolute Gasteiger partial charge is 0.208 e. The zero-order chi connectivity index (χ0) is 10.0. The highest BCUT2D eigenvalue weighted by molar-refractivity contribution is 5.10. The highest BCUT2D eigenvalue weighted by atomic mass is 16.4. The fourth-order valence-electron chi connectivity index (χ4n) is 2.26. The average molecular weight is 194 g/mol. The number of hydrogen-bond acceptors (Lipinski definition) is 3. The van der Waals surface area contributed by atoms with Crippen molar-refractivity contribution in [1.82, 2.24) is 4.98 Å². The van der Waals surface area contributed by atoms with E-state index in [2.05, 4.69) is 11.9 Å². The molecule has 1 aliphatic rings. The lowest BCUT2D eigenvalue weighted by molar-refractivity contribution is 0.261. The van der Waals surface area contributed by atoms with Crippen molar-refractivity contribution in [2.45, 2.75) is 51.0 Å². The molecule has 0 amide bonds. The van der Waals surface area contributed by atoms with Gasteiger partial charge in [0.1, 0.15) is 5.76 Å². The molecule has 1 heterocycles. The molecule has 1 aromatic rings. The first-order chi connectivity index (χ1) is 6.74. The summed E-state index contributed by atoms with van der Waals surface area (Å²) in [5.74, 6) is 1.68. The maximum absolute atomic E-state index is 5.64. The van der Waals surface area contributed by atoms with Crippen molar-refractivity contribution in [2.75, 3.05) is 0 Å². The van der Waals surface area contributed by atoms with Gasteiger partial charge in [-0.2, -0.15) is 0 Å². The van der Waals surface area contributed by atoms with Gasteiger partial charge in [-0.1, -0.05) is 26.2 Å². The molecule has 0 saturated heterocycles. The second-order valence-electron chi connectivity index (χ2n) is 4.44. The Kier molecular flexibility index (Phi) is 2.59. The van der Waals surface area contributed by atoms with Crippen LogP contribution in [0.4, 0.5) is 0 Å². The number of nitrogens with zero attached hydrogens (tertiary/aromatic N) is 1. The van der Waals surface area contributed by atoms with E-state index in [-0.39, 0.29) is 5.41 Å². The predicted molar refractivity (Wildman–Crippen MR) is 54.8 cm³/mol. The Hall–Kier alpha value is -0.830. The molecule has 3 nitrogen and oxygen atoms in total. The molecule has 1 aliphatic carbocycles. The quantitative estimate of drug-likeness (QED) is 0.786. The van der Waals surface area contributed by atoms with E-state index in [0.717, 1.165) is 5.76 Å². The van der Waals surface area contributed by atoms with Gasteiger partial charge in [-0.3, -0.25) is 0 Å². The minimum absolute atomic E-state index is 0.207. The molecule has 0 spiro atoms. The molecule has 0 aromatic carbocycles. The van der Waals surface area contributed by atoms with Gasteiger partial charge >= 0.3 is 0 Å². The van der Waals surface area contributed by atoms with Crippen LogP contribution in [0.2, 0.25) is 0 Å². The molecule has 0 aliphatic heterocycles. The van der Waals surface area contributed by atoms with Gasteiger partial charge in [-0.15, -0.1) is 0 Å². The first-order valence-electron chi connectivity index (χ1n) is 5.40. The number of nitrogens with two attached hydrogens (primary N) is 1. The van der Waals surface area contributed by atoms with E-state index in [4.69, 9.17) is 10.2 Å². The summed E-state index contributed by atoms with van der Waals surface area (Å²) in [5, 5.41) is 0. The minimum Gasteiger partial charge on any atom is -0.444 e. The maximum Gasteiger partial charge on any atom is 0.208 e. The summed E-state index contributed by atoms with van der Waals surface area (Å²) in [7, 11) is 0. The summed E-state index contributed by atoms with van der Waals surface area (Å²) in [6, 6.07) is 0. The Balaban J connectivity index is 2.19. The van der Waals surface area contributed by atoms with Gasteiger partial charge < -0.3 is 10.2 Å². The predicted octanol–water partition coefficient (Wildman–Crippen LogP) is 2.36. The monoisotopic (exact) mass is 194 g/mol. The standard InChI is InChI=1S/C11H18N2O/c1-11(5-3-2-4-6-11)9-8-13-10(7-12)14-9/h8H,2-7,12H2,1H3. The van der Waals surface area contributed by atoms with Gasteiger partial charge in [0, 0.05) is 5.41 Å². The van der Waals surface area contributed by atoms with Gasteiger partial charge in [0.15, 0.2) is 0 Å². The zero-order valence-electron chi connectivity index (χ0n) is 8.75. The van der Waals surface area contributed by atoms with Crippen LogP contribution in [0, 0.1) is 0 Å². The molecule has 0 bridgehead atoms. The first kappa shape index (κ1) is 9.71. The van der Waals surface area contributed by atoms with E-state index in [9.17, 15) is 0 Å². The van der Waals surface area contributed by atoms with Crippen LogP contribution in [-0.4, -0.2) is 4.98 Å². The summed E-state index contributed by atoms with van der Waals surface area (Å²) in [4.78, 5) is 4.16. The van der Waals surface area contributed by atoms with Gasteiger partial charge in [0.25, 0.3) is 0 Å². The third-order valence-corrected chi connectivity index (χ3v) is 3.28. The van der Waals surface area contributed by atoms with Crippen molar-refractivity contribution in [3.63, 3.8) is 0 Å². The van der Waals surface area contributed by atoms with Gasteiger partial charge in [-0.05, 0) is 12.8 Å². The molecule has 0 unspecified atom stereocenters. The number of rotatable bonds is 2. The topological polar surface area (TPSA) is 52.0 Å². The van der Waals surface area contributed by atoms with Crippen LogP contribution in [0.5, 0.6) is 0 Å². The lowest BCUT2D eigenvalue weighted by Gasteiger charge is -2.30. The molecule has 1 aromatic heterocycles. The molecule has 3 heteroatoms. The third-order valence-electron chi connectivity index (χ3n) is 3.28. The molecule has 1 fully saturated rings. The van der Waals surface area contributed by atoms with Crippen molar-refractivity contribution in [1.29, 1.82) is 0 Å². The van der Waals surface area contributed by atoms with Crippen molar-refractivity contribution >= 4 is 0 Å². The normalized spacial score (nSPS) is 21.0. The largest absolute Gasteiger partial charge is 0.444 e. The van der Waals surface area contributed by atoms with Gasteiger partial charge in [-0.25, -0.2) is 4.98 Å². The van der Waals surface area contributed by atoms with Crippen LogP contribution in [0.15, 0.2) is 10.6 Å². The van der Waals surface area contributed by atoms with Crippen LogP contribution in [0.1, 0.15) is 50.7 Å². The van der Waals surface area contributed by atoms with E-state index < -0.39 is 0 Å². The summed E-state index contributed by atoms with van der Waals surface area (Å²) >= 11 is 0. The first-order valence-corrected chi connectivity index (χ1v) is 5.40. The molecule has 14 heavy (non-hydrogen) atoms. The Morgan fingerprint density at radius 3 is 2.71 bits per heavy atom. The van der Waals surface area contributed by atoms with E-state index >= 15 is 0 Å². The Morgan fingerprint density at radius 2 is 2.14 bits per heavy atom.